The number of hydrogen-bond acceptors (Lipinski definition) is 4. The van der Waals surface area contributed by atoms with Gasteiger partial charge in [0.15, 0.2) is 0 Å². The van der Waals surface area contributed by atoms with E-state index in [4.69, 9.17) is 4.74 Å². The smallest absolute Gasteiger partial charge is 0.253 e. The Morgan fingerprint density at radius 3 is 2.62 bits per heavy atom. The molecule has 0 radical (unpaired) electrons. The van der Waals surface area contributed by atoms with E-state index in [1.165, 1.54) is 5.56 Å². The summed E-state index contributed by atoms with van der Waals surface area (Å²) in [7, 11) is 0. The molecule has 1 saturated heterocycles. The standard InChI is InChI=1S/C19H23N3O2/c1-14-5-3-4-6-17(14)15(2)21-19(23)16-7-8-18(20-13-16)22-9-11-24-12-10-22/h3-8,13,15H,9-12H2,1-2H3,(H,21,23)/t15-/m1/s1. The number of rotatable bonds is 4. The van der Waals surface area contributed by atoms with Crippen LogP contribution in [-0.2, 0) is 4.74 Å². The van der Waals surface area contributed by atoms with E-state index < -0.39 is 0 Å². The van der Waals surface area contributed by atoms with Gasteiger partial charge in [0.25, 0.3) is 5.91 Å². The highest BCUT2D eigenvalue weighted by atomic mass is 16.5. The van der Waals surface area contributed by atoms with E-state index in [2.05, 4.69) is 28.2 Å². The van der Waals surface area contributed by atoms with Gasteiger partial charge in [0.2, 0.25) is 0 Å². The number of nitrogens with zero attached hydrogens (tertiary/aromatic N) is 2. The Labute approximate surface area is 142 Å². The minimum atomic E-state index is -0.105. The number of hydrogen-bond donors (Lipinski definition) is 1. The van der Waals surface area contributed by atoms with Crippen LogP contribution in [0.25, 0.3) is 0 Å². The monoisotopic (exact) mass is 325 g/mol. The molecule has 1 aromatic heterocycles. The van der Waals surface area contributed by atoms with Gasteiger partial charge in [-0.3, -0.25) is 4.79 Å². The van der Waals surface area contributed by atoms with Crippen molar-refractivity contribution >= 4 is 11.7 Å². The highest BCUT2D eigenvalue weighted by molar-refractivity contribution is 5.94. The minimum absolute atomic E-state index is 0.0439. The lowest BCUT2D eigenvalue weighted by atomic mass is 10.0. The maximum Gasteiger partial charge on any atom is 0.253 e. The van der Waals surface area contributed by atoms with Gasteiger partial charge in [-0.1, -0.05) is 24.3 Å². The van der Waals surface area contributed by atoms with E-state index in [-0.39, 0.29) is 11.9 Å². The van der Waals surface area contributed by atoms with Crippen LogP contribution < -0.4 is 10.2 Å². The van der Waals surface area contributed by atoms with Crippen LogP contribution >= 0.6 is 0 Å². The van der Waals surface area contributed by atoms with Gasteiger partial charge >= 0.3 is 0 Å². The van der Waals surface area contributed by atoms with E-state index in [9.17, 15) is 4.79 Å². The number of pyridine rings is 1. The molecule has 1 aliphatic rings. The Bertz CT molecular complexity index is 694. The summed E-state index contributed by atoms with van der Waals surface area (Å²) in [5.74, 6) is 0.786. The summed E-state index contributed by atoms with van der Waals surface area (Å²) in [5.41, 5.74) is 2.88. The number of carbonyl (C=O) groups is 1. The first kappa shape index (κ1) is 16.5. The molecule has 0 aliphatic carbocycles. The highest BCUT2D eigenvalue weighted by Gasteiger charge is 2.15. The third-order valence-electron chi connectivity index (χ3n) is 4.35. The van der Waals surface area contributed by atoms with E-state index in [1.54, 1.807) is 6.20 Å². The number of carbonyl (C=O) groups excluding carboxylic acids is 1. The van der Waals surface area contributed by atoms with Gasteiger partial charge in [0.05, 0.1) is 24.8 Å². The Morgan fingerprint density at radius 1 is 1.21 bits per heavy atom. The number of amides is 1. The maximum absolute atomic E-state index is 12.4. The summed E-state index contributed by atoms with van der Waals surface area (Å²) in [4.78, 5) is 19.0. The molecule has 1 amide bonds. The fourth-order valence-electron chi connectivity index (χ4n) is 2.93. The molecule has 1 aliphatic heterocycles. The number of aromatic nitrogens is 1. The molecule has 1 atom stereocenters. The number of nitrogens with one attached hydrogen (secondary N) is 1. The molecule has 5 nitrogen and oxygen atoms in total. The van der Waals surface area contributed by atoms with Crippen LogP contribution in [0.15, 0.2) is 42.6 Å². The number of aryl methyl sites for hydroxylation is 1. The SMILES string of the molecule is Cc1ccccc1[C@@H](C)NC(=O)c1ccc(N2CCOCC2)nc1. The van der Waals surface area contributed by atoms with Gasteiger partial charge in [-0.05, 0) is 37.1 Å². The Hall–Kier alpha value is -2.40. The summed E-state index contributed by atoms with van der Waals surface area (Å²) in [6.45, 7) is 7.16. The van der Waals surface area contributed by atoms with Crippen molar-refractivity contribution in [1.29, 1.82) is 0 Å². The minimum Gasteiger partial charge on any atom is -0.378 e. The van der Waals surface area contributed by atoms with Crippen LogP contribution in [0, 0.1) is 6.92 Å². The van der Waals surface area contributed by atoms with Crippen molar-refractivity contribution in [1.82, 2.24) is 10.3 Å². The second kappa shape index (κ2) is 7.45. The van der Waals surface area contributed by atoms with Crippen LogP contribution in [0.2, 0.25) is 0 Å². The molecule has 1 aromatic carbocycles. The molecule has 0 bridgehead atoms. The number of anilines is 1. The third kappa shape index (κ3) is 3.74. The third-order valence-corrected chi connectivity index (χ3v) is 4.35. The zero-order chi connectivity index (χ0) is 16.9. The second-order valence-electron chi connectivity index (χ2n) is 6.06. The van der Waals surface area contributed by atoms with Crippen LogP contribution in [0.3, 0.4) is 0 Å². The molecule has 1 fully saturated rings. The van der Waals surface area contributed by atoms with Crippen molar-refractivity contribution in [2.45, 2.75) is 19.9 Å². The average molecular weight is 325 g/mol. The van der Waals surface area contributed by atoms with Crippen molar-refractivity contribution < 1.29 is 9.53 Å². The summed E-state index contributed by atoms with van der Waals surface area (Å²) >= 11 is 0. The Morgan fingerprint density at radius 2 is 1.96 bits per heavy atom. The normalized spacial score (nSPS) is 15.8. The summed E-state index contributed by atoms with van der Waals surface area (Å²) in [6, 6.07) is 11.8. The molecular formula is C19H23N3O2. The lowest BCUT2D eigenvalue weighted by molar-refractivity contribution is 0.0939. The maximum atomic E-state index is 12.4. The lowest BCUT2D eigenvalue weighted by Gasteiger charge is -2.27. The molecule has 24 heavy (non-hydrogen) atoms. The zero-order valence-corrected chi connectivity index (χ0v) is 14.2. The number of ether oxygens (including phenoxy) is 1. The summed E-state index contributed by atoms with van der Waals surface area (Å²) < 4.78 is 5.34. The average Bonchev–Trinajstić information content (AvgIpc) is 2.63. The quantitative estimate of drug-likeness (QED) is 0.939. The van der Waals surface area contributed by atoms with Gasteiger partial charge in [0.1, 0.15) is 5.82 Å². The van der Waals surface area contributed by atoms with E-state index in [1.807, 2.05) is 37.3 Å². The fraction of sp³-hybridized carbons (Fsp3) is 0.368. The molecule has 0 saturated carbocycles. The van der Waals surface area contributed by atoms with Gasteiger partial charge < -0.3 is 15.0 Å². The van der Waals surface area contributed by atoms with Crippen LogP contribution in [0.1, 0.15) is 34.5 Å². The van der Waals surface area contributed by atoms with E-state index in [0.717, 1.165) is 37.7 Å². The molecule has 5 heteroatoms. The van der Waals surface area contributed by atoms with Crippen molar-refractivity contribution in [3.63, 3.8) is 0 Å². The van der Waals surface area contributed by atoms with Crippen molar-refractivity contribution in [2.75, 3.05) is 31.2 Å². The number of benzene rings is 1. The predicted octanol–water partition coefficient (Wildman–Crippen LogP) is 2.72. The van der Waals surface area contributed by atoms with Crippen LogP contribution in [0.5, 0.6) is 0 Å². The molecule has 2 aromatic rings. The van der Waals surface area contributed by atoms with E-state index in [0.29, 0.717) is 5.56 Å². The Kier molecular flexibility index (Phi) is 5.11. The van der Waals surface area contributed by atoms with Gasteiger partial charge in [-0.25, -0.2) is 4.98 Å². The molecule has 126 valence electrons. The summed E-state index contributed by atoms with van der Waals surface area (Å²) in [5, 5.41) is 3.04. The first-order chi connectivity index (χ1) is 11.6. The Balaban J connectivity index is 1.65. The van der Waals surface area contributed by atoms with Gasteiger partial charge in [0, 0.05) is 19.3 Å². The molecule has 3 rings (SSSR count). The zero-order valence-electron chi connectivity index (χ0n) is 14.2. The van der Waals surface area contributed by atoms with Crippen LogP contribution in [-0.4, -0.2) is 37.2 Å². The van der Waals surface area contributed by atoms with Crippen molar-refractivity contribution in [3.8, 4) is 0 Å². The fourth-order valence-corrected chi connectivity index (χ4v) is 2.93. The van der Waals surface area contributed by atoms with Gasteiger partial charge in [-0.15, -0.1) is 0 Å². The summed E-state index contributed by atoms with van der Waals surface area (Å²) in [6.07, 6.45) is 1.64. The predicted molar refractivity (Wildman–Crippen MR) is 94.3 cm³/mol. The first-order valence-electron chi connectivity index (χ1n) is 8.30. The number of morpholine rings is 1. The molecule has 0 unspecified atom stereocenters. The molecule has 2 heterocycles. The second-order valence-corrected chi connectivity index (χ2v) is 6.06. The van der Waals surface area contributed by atoms with E-state index >= 15 is 0 Å². The highest BCUT2D eigenvalue weighted by Crippen LogP contribution is 2.18. The first-order valence-corrected chi connectivity index (χ1v) is 8.30. The van der Waals surface area contributed by atoms with Crippen molar-refractivity contribution in [2.24, 2.45) is 0 Å². The van der Waals surface area contributed by atoms with Gasteiger partial charge in [-0.2, -0.15) is 0 Å². The van der Waals surface area contributed by atoms with Crippen LogP contribution in [0.4, 0.5) is 5.82 Å². The van der Waals surface area contributed by atoms with Crippen molar-refractivity contribution in [3.05, 3.63) is 59.3 Å². The molecule has 1 N–H and O–H groups in total. The lowest BCUT2D eigenvalue weighted by Crippen LogP contribution is -2.36. The molecule has 0 spiro atoms. The molecular weight excluding hydrogens is 302 g/mol. The topological polar surface area (TPSA) is 54.5 Å². The largest absolute Gasteiger partial charge is 0.378 e.